The van der Waals surface area contributed by atoms with Crippen molar-refractivity contribution in [1.29, 1.82) is 0 Å². The fourth-order valence-electron chi connectivity index (χ4n) is 1.34. The maximum Gasteiger partial charge on any atom is 0.414 e. The highest BCUT2D eigenvalue weighted by atomic mass is 16.6. The van der Waals surface area contributed by atoms with Crippen LogP contribution in [0, 0.1) is 0 Å². The molecule has 0 radical (unpaired) electrons. The minimum absolute atomic E-state index is 0.396. The van der Waals surface area contributed by atoms with Gasteiger partial charge in [-0.2, -0.15) is 0 Å². The quantitative estimate of drug-likeness (QED) is 0.826. The first-order valence-electron chi connectivity index (χ1n) is 5.83. The molecule has 100 valence electrons. The van der Waals surface area contributed by atoms with Crippen LogP contribution >= 0.6 is 0 Å². The molecule has 0 bridgehead atoms. The molecule has 0 aliphatic carbocycles. The van der Waals surface area contributed by atoms with E-state index in [1.54, 1.807) is 25.6 Å². The molecule has 0 unspecified atom stereocenters. The average molecular weight is 252 g/mol. The molecule has 0 spiro atoms. The van der Waals surface area contributed by atoms with E-state index in [1.165, 1.54) is 4.90 Å². The number of hydrogen-bond acceptors (Lipinski definition) is 4. The molecule has 0 fully saturated rings. The molecule has 0 aliphatic heterocycles. The molecule has 0 aromatic carbocycles. The Labute approximate surface area is 108 Å². The molecule has 1 heterocycles. The summed E-state index contributed by atoms with van der Waals surface area (Å²) >= 11 is 0. The minimum Gasteiger partial charge on any atom is -0.443 e. The summed E-state index contributed by atoms with van der Waals surface area (Å²) in [5.74, 6) is 0. The fraction of sp³-hybridized carbons (Fsp3) is 0.538. The molecule has 0 N–H and O–H groups in total. The Morgan fingerprint density at radius 3 is 2.67 bits per heavy atom. The lowest BCUT2D eigenvalue weighted by Gasteiger charge is -2.27. The molecule has 0 saturated carbocycles. The molecule has 18 heavy (non-hydrogen) atoms. The standard InChI is InChI=1S/C13H20N2O3/c1-13(2,3)18-12(16)15(8-9-17-4)11-6-5-7-14-10-11/h5-7,10H,8-9H2,1-4H3. The topological polar surface area (TPSA) is 51.7 Å². The van der Waals surface area contributed by atoms with E-state index in [4.69, 9.17) is 9.47 Å². The lowest BCUT2D eigenvalue weighted by Crippen LogP contribution is -2.38. The van der Waals surface area contributed by atoms with Gasteiger partial charge in [-0.25, -0.2) is 4.79 Å². The molecule has 1 amide bonds. The molecular formula is C13H20N2O3. The number of methoxy groups -OCH3 is 1. The molecule has 5 heteroatoms. The molecule has 0 aliphatic rings. The van der Waals surface area contributed by atoms with Crippen molar-refractivity contribution in [2.24, 2.45) is 0 Å². The van der Waals surface area contributed by atoms with Crippen molar-refractivity contribution in [3.05, 3.63) is 24.5 Å². The zero-order chi connectivity index (χ0) is 13.6. The lowest BCUT2D eigenvalue weighted by molar-refractivity contribution is 0.0569. The largest absolute Gasteiger partial charge is 0.443 e. The minimum atomic E-state index is -0.523. The third-order valence-electron chi connectivity index (χ3n) is 2.09. The Hall–Kier alpha value is -1.62. The first kappa shape index (κ1) is 14.4. The monoisotopic (exact) mass is 252 g/mol. The Morgan fingerprint density at radius 1 is 1.44 bits per heavy atom. The van der Waals surface area contributed by atoms with Crippen LogP contribution in [0.2, 0.25) is 0 Å². The van der Waals surface area contributed by atoms with E-state index in [-0.39, 0.29) is 0 Å². The molecule has 1 rings (SSSR count). The van der Waals surface area contributed by atoms with Crippen LogP contribution in [0.5, 0.6) is 0 Å². The number of amides is 1. The van der Waals surface area contributed by atoms with Crippen LogP contribution in [0.3, 0.4) is 0 Å². The van der Waals surface area contributed by atoms with E-state index in [1.807, 2.05) is 26.8 Å². The van der Waals surface area contributed by atoms with E-state index in [0.29, 0.717) is 18.8 Å². The summed E-state index contributed by atoms with van der Waals surface area (Å²) in [4.78, 5) is 17.6. The van der Waals surface area contributed by atoms with Gasteiger partial charge in [-0.05, 0) is 32.9 Å². The van der Waals surface area contributed by atoms with Gasteiger partial charge in [-0.3, -0.25) is 9.88 Å². The number of ether oxygens (including phenoxy) is 2. The van der Waals surface area contributed by atoms with Crippen molar-refractivity contribution < 1.29 is 14.3 Å². The van der Waals surface area contributed by atoms with Crippen molar-refractivity contribution in [3.63, 3.8) is 0 Å². The van der Waals surface area contributed by atoms with Crippen molar-refractivity contribution in [2.75, 3.05) is 25.2 Å². The maximum atomic E-state index is 12.1. The van der Waals surface area contributed by atoms with E-state index in [9.17, 15) is 4.79 Å². The number of rotatable bonds is 4. The van der Waals surface area contributed by atoms with Gasteiger partial charge in [-0.1, -0.05) is 0 Å². The normalized spacial score (nSPS) is 11.1. The van der Waals surface area contributed by atoms with Crippen LogP contribution in [0.15, 0.2) is 24.5 Å². The molecular weight excluding hydrogens is 232 g/mol. The van der Waals surface area contributed by atoms with Crippen LogP contribution in [-0.2, 0) is 9.47 Å². The summed E-state index contributed by atoms with van der Waals surface area (Å²) in [5.41, 5.74) is 0.175. The number of anilines is 1. The van der Waals surface area contributed by atoms with Crippen LogP contribution in [0.25, 0.3) is 0 Å². The molecule has 0 atom stereocenters. The third-order valence-corrected chi connectivity index (χ3v) is 2.09. The summed E-state index contributed by atoms with van der Waals surface area (Å²) in [6.07, 6.45) is 2.89. The number of carbonyl (C=O) groups excluding carboxylic acids is 1. The van der Waals surface area contributed by atoms with Crippen LogP contribution < -0.4 is 4.90 Å². The summed E-state index contributed by atoms with van der Waals surface area (Å²) < 4.78 is 10.4. The Balaban J connectivity index is 2.82. The average Bonchev–Trinajstić information content (AvgIpc) is 2.28. The van der Waals surface area contributed by atoms with Crippen LogP contribution in [0.4, 0.5) is 10.5 Å². The zero-order valence-corrected chi connectivity index (χ0v) is 11.3. The summed E-state index contributed by atoms with van der Waals surface area (Å²) in [6, 6.07) is 3.59. The van der Waals surface area contributed by atoms with E-state index in [0.717, 1.165) is 0 Å². The second-order valence-electron chi connectivity index (χ2n) is 4.84. The fourth-order valence-corrected chi connectivity index (χ4v) is 1.34. The second kappa shape index (κ2) is 6.35. The van der Waals surface area contributed by atoms with E-state index < -0.39 is 11.7 Å². The Bertz CT molecular complexity index is 374. The third kappa shape index (κ3) is 4.71. The summed E-state index contributed by atoms with van der Waals surface area (Å²) in [5, 5.41) is 0. The second-order valence-corrected chi connectivity index (χ2v) is 4.84. The van der Waals surface area contributed by atoms with Crippen molar-refractivity contribution >= 4 is 11.8 Å². The number of nitrogens with zero attached hydrogens (tertiary/aromatic N) is 2. The van der Waals surface area contributed by atoms with Gasteiger partial charge in [0.2, 0.25) is 0 Å². The van der Waals surface area contributed by atoms with Crippen LogP contribution in [0.1, 0.15) is 20.8 Å². The van der Waals surface area contributed by atoms with Crippen molar-refractivity contribution in [2.45, 2.75) is 26.4 Å². The smallest absolute Gasteiger partial charge is 0.414 e. The first-order valence-corrected chi connectivity index (χ1v) is 5.83. The van der Waals surface area contributed by atoms with Gasteiger partial charge in [-0.15, -0.1) is 0 Å². The van der Waals surface area contributed by atoms with Gasteiger partial charge < -0.3 is 9.47 Å². The van der Waals surface area contributed by atoms with E-state index >= 15 is 0 Å². The highest BCUT2D eigenvalue weighted by Gasteiger charge is 2.23. The summed E-state index contributed by atoms with van der Waals surface area (Å²) in [7, 11) is 1.59. The Kier molecular flexibility index (Phi) is 5.09. The zero-order valence-electron chi connectivity index (χ0n) is 11.3. The highest BCUT2D eigenvalue weighted by Crippen LogP contribution is 2.16. The predicted octanol–water partition coefficient (Wildman–Crippen LogP) is 2.47. The van der Waals surface area contributed by atoms with Gasteiger partial charge in [0.25, 0.3) is 0 Å². The molecule has 1 aromatic rings. The van der Waals surface area contributed by atoms with Crippen LogP contribution in [-0.4, -0.2) is 36.9 Å². The number of hydrogen-bond donors (Lipinski definition) is 0. The first-order chi connectivity index (χ1) is 8.44. The molecule has 0 saturated heterocycles. The SMILES string of the molecule is COCCN(C(=O)OC(C)(C)C)c1cccnc1. The predicted molar refractivity (Wildman–Crippen MR) is 69.7 cm³/mol. The van der Waals surface area contributed by atoms with Gasteiger partial charge in [0.05, 0.1) is 25.0 Å². The lowest BCUT2D eigenvalue weighted by atomic mass is 10.2. The van der Waals surface area contributed by atoms with Crippen molar-refractivity contribution in [3.8, 4) is 0 Å². The highest BCUT2D eigenvalue weighted by molar-refractivity contribution is 5.87. The van der Waals surface area contributed by atoms with Gasteiger partial charge in [0, 0.05) is 13.3 Å². The molecule has 5 nitrogen and oxygen atoms in total. The van der Waals surface area contributed by atoms with E-state index in [2.05, 4.69) is 4.98 Å². The summed E-state index contributed by atoms with van der Waals surface area (Å²) in [6.45, 7) is 6.37. The van der Waals surface area contributed by atoms with Gasteiger partial charge in [0.1, 0.15) is 5.60 Å². The van der Waals surface area contributed by atoms with Gasteiger partial charge in [0.15, 0.2) is 0 Å². The number of aromatic nitrogens is 1. The number of pyridine rings is 1. The maximum absolute atomic E-state index is 12.1. The number of carbonyl (C=O) groups is 1. The van der Waals surface area contributed by atoms with Gasteiger partial charge >= 0.3 is 6.09 Å². The van der Waals surface area contributed by atoms with Crippen molar-refractivity contribution in [1.82, 2.24) is 4.98 Å². The molecule has 1 aromatic heterocycles. The Morgan fingerprint density at radius 2 is 2.17 bits per heavy atom.